The number of hydrogen-bond donors (Lipinski definition) is 0. The number of ketones is 1. The fourth-order valence-corrected chi connectivity index (χ4v) is 3.06. The van der Waals surface area contributed by atoms with Gasteiger partial charge in [0.05, 0.1) is 6.61 Å². The Morgan fingerprint density at radius 1 is 1.00 bits per heavy atom. The quantitative estimate of drug-likeness (QED) is 0.771. The average Bonchev–Trinajstić information content (AvgIpc) is 2.62. The zero-order chi connectivity index (χ0) is 16.1. The van der Waals surface area contributed by atoms with Crippen molar-refractivity contribution in [2.45, 2.75) is 26.2 Å². The molecule has 0 aliphatic carbocycles. The lowest BCUT2D eigenvalue weighted by Gasteiger charge is -2.29. The number of nitrogens with zero attached hydrogens (tertiary/aromatic N) is 1. The molecule has 3 nitrogen and oxygen atoms in total. The molecule has 2 aromatic carbocycles. The molecule has 0 atom stereocenters. The van der Waals surface area contributed by atoms with Crippen molar-refractivity contribution in [3.05, 3.63) is 59.7 Å². The maximum absolute atomic E-state index is 12.8. The maximum Gasteiger partial charge on any atom is 0.193 e. The standard InChI is InChI=1S/C20H23NO2/c1-2-23-19-11-7-9-17(15-19)20(22)16-8-6-10-18(14-16)21-12-4-3-5-13-21/h6-11,14-15H,2-5,12-13H2,1H3. The van der Waals surface area contributed by atoms with Gasteiger partial charge >= 0.3 is 0 Å². The van der Waals surface area contributed by atoms with Crippen LogP contribution in [0.5, 0.6) is 5.75 Å². The largest absolute Gasteiger partial charge is 0.494 e. The van der Waals surface area contributed by atoms with Crippen LogP contribution in [-0.4, -0.2) is 25.5 Å². The lowest BCUT2D eigenvalue weighted by atomic mass is 10.0. The van der Waals surface area contributed by atoms with E-state index in [-0.39, 0.29) is 5.78 Å². The summed E-state index contributed by atoms with van der Waals surface area (Å²) in [6.45, 7) is 4.70. The van der Waals surface area contributed by atoms with Crippen LogP contribution in [0, 0.1) is 0 Å². The van der Waals surface area contributed by atoms with Crippen molar-refractivity contribution in [2.75, 3.05) is 24.6 Å². The highest BCUT2D eigenvalue weighted by Crippen LogP contribution is 2.23. The smallest absolute Gasteiger partial charge is 0.193 e. The van der Waals surface area contributed by atoms with Crippen LogP contribution in [-0.2, 0) is 0 Å². The van der Waals surface area contributed by atoms with Crippen molar-refractivity contribution in [3.8, 4) is 5.75 Å². The Balaban J connectivity index is 1.83. The number of ether oxygens (including phenoxy) is 1. The molecule has 0 aromatic heterocycles. The molecule has 0 radical (unpaired) electrons. The Morgan fingerprint density at radius 3 is 2.43 bits per heavy atom. The van der Waals surface area contributed by atoms with E-state index in [1.54, 1.807) is 0 Å². The van der Waals surface area contributed by atoms with E-state index >= 15 is 0 Å². The van der Waals surface area contributed by atoms with Gasteiger partial charge in [-0.15, -0.1) is 0 Å². The number of piperidine rings is 1. The number of anilines is 1. The Kier molecular flexibility index (Phi) is 4.96. The molecule has 0 N–H and O–H groups in total. The van der Waals surface area contributed by atoms with Crippen LogP contribution in [0.1, 0.15) is 42.1 Å². The second-order valence-electron chi connectivity index (χ2n) is 5.89. The van der Waals surface area contributed by atoms with Gasteiger partial charge < -0.3 is 9.64 Å². The maximum atomic E-state index is 12.8. The zero-order valence-corrected chi connectivity index (χ0v) is 13.6. The average molecular weight is 309 g/mol. The summed E-state index contributed by atoms with van der Waals surface area (Å²) in [5.41, 5.74) is 2.56. The first-order valence-electron chi connectivity index (χ1n) is 8.40. The van der Waals surface area contributed by atoms with Gasteiger partial charge in [0.1, 0.15) is 5.75 Å². The fraction of sp³-hybridized carbons (Fsp3) is 0.350. The first kappa shape index (κ1) is 15.6. The molecule has 1 aliphatic heterocycles. The van der Waals surface area contributed by atoms with Gasteiger partial charge in [-0.25, -0.2) is 0 Å². The van der Waals surface area contributed by atoms with Gasteiger partial charge in [-0.1, -0.05) is 24.3 Å². The van der Waals surface area contributed by atoms with E-state index in [1.807, 2.05) is 49.4 Å². The topological polar surface area (TPSA) is 29.5 Å². The van der Waals surface area contributed by atoms with Crippen molar-refractivity contribution in [1.29, 1.82) is 0 Å². The van der Waals surface area contributed by atoms with E-state index in [2.05, 4.69) is 11.0 Å². The van der Waals surface area contributed by atoms with Gasteiger partial charge in [-0.3, -0.25) is 4.79 Å². The van der Waals surface area contributed by atoms with Gasteiger partial charge in [0.25, 0.3) is 0 Å². The summed E-state index contributed by atoms with van der Waals surface area (Å²) >= 11 is 0. The van der Waals surface area contributed by atoms with Gasteiger partial charge in [0, 0.05) is 29.9 Å². The van der Waals surface area contributed by atoms with Gasteiger partial charge in [0.15, 0.2) is 5.78 Å². The molecule has 1 heterocycles. The van der Waals surface area contributed by atoms with E-state index in [1.165, 1.54) is 19.3 Å². The van der Waals surface area contributed by atoms with Crippen LogP contribution >= 0.6 is 0 Å². The minimum absolute atomic E-state index is 0.0467. The van der Waals surface area contributed by atoms with Crippen LogP contribution < -0.4 is 9.64 Å². The van der Waals surface area contributed by atoms with Gasteiger partial charge in [0.2, 0.25) is 0 Å². The molecule has 0 spiro atoms. The van der Waals surface area contributed by atoms with Crippen LogP contribution in [0.3, 0.4) is 0 Å². The molecule has 1 fully saturated rings. The normalized spacial score (nSPS) is 14.6. The summed E-state index contributed by atoms with van der Waals surface area (Å²) in [5, 5.41) is 0. The van der Waals surface area contributed by atoms with Gasteiger partial charge in [-0.2, -0.15) is 0 Å². The molecule has 3 heteroatoms. The molecule has 1 aliphatic rings. The van der Waals surface area contributed by atoms with E-state index in [4.69, 9.17) is 4.74 Å². The fourth-order valence-electron chi connectivity index (χ4n) is 3.06. The minimum Gasteiger partial charge on any atom is -0.494 e. The van der Waals surface area contributed by atoms with Crippen LogP contribution in [0.4, 0.5) is 5.69 Å². The monoisotopic (exact) mass is 309 g/mol. The highest BCUT2D eigenvalue weighted by Gasteiger charge is 2.14. The molecule has 1 saturated heterocycles. The third-order valence-electron chi connectivity index (χ3n) is 4.24. The molecule has 3 rings (SSSR count). The Bertz CT molecular complexity index is 675. The number of carbonyl (C=O) groups is 1. The minimum atomic E-state index is 0.0467. The predicted molar refractivity (Wildman–Crippen MR) is 93.5 cm³/mol. The van der Waals surface area contributed by atoms with Gasteiger partial charge in [-0.05, 0) is 50.5 Å². The summed E-state index contributed by atoms with van der Waals surface area (Å²) in [6, 6.07) is 15.4. The molecule has 23 heavy (non-hydrogen) atoms. The highest BCUT2D eigenvalue weighted by molar-refractivity contribution is 6.09. The predicted octanol–water partition coefficient (Wildman–Crippen LogP) is 4.31. The summed E-state index contributed by atoms with van der Waals surface area (Å²) in [6.07, 6.45) is 3.77. The van der Waals surface area contributed by atoms with E-state index in [0.29, 0.717) is 12.2 Å². The van der Waals surface area contributed by atoms with Crippen molar-refractivity contribution in [1.82, 2.24) is 0 Å². The molecular weight excluding hydrogens is 286 g/mol. The summed E-state index contributed by atoms with van der Waals surface area (Å²) < 4.78 is 5.49. The van der Waals surface area contributed by atoms with Crippen molar-refractivity contribution in [2.24, 2.45) is 0 Å². The third-order valence-corrected chi connectivity index (χ3v) is 4.24. The lowest BCUT2D eigenvalue weighted by Crippen LogP contribution is -2.29. The number of rotatable bonds is 5. The van der Waals surface area contributed by atoms with Crippen molar-refractivity contribution in [3.63, 3.8) is 0 Å². The Morgan fingerprint density at radius 2 is 1.70 bits per heavy atom. The number of carbonyl (C=O) groups excluding carboxylic acids is 1. The second kappa shape index (κ2) is 7.32. The second-order valence-corrected chi connectivity index (χ2v) is 5.89. The Hall–Kier alpha value is -2.29. The van der Waals surface area contributed by atoms with Crippen LogP contribution in [0.2, 0.25) is 0 Å². The van der Waals surface area contributed by atoms with E-state index in [9.17, 15) is 4.79 Å². The SMILES string of the molecule is CCOc1cccc(C(=O)c2cccc(N3CCCCC3)c2)c1. The molecule has 0 amide bonds. The summed E-state index contributed by atoms with van der Waals surface area (Å²) in [4.78, 5) is 15.1. The lowest BCUT2D eigenvalue weighted by molar-refractivity contribution is 0.103. The molecule has 0 unspecified atom stereocenters. The molecular formula is C20H23NO2. The number of hydrogen-bond acceptors (Lipinski definition) is 3. The third kappa shape index (κ3) is 3.73. The van der Waals surface area contributed by atoms with Crippen LogP contribution in [0.15, 0.2) is 48.5 Å². The van der Waals surface area contributed by atoms with E-state index < -0.39 is 0 Å². The molecule has 2 aromatic rings. The van der Waals surface area contributed by atoms with Crippen molar-refractivity contribution >= 4 is 11.5 Å². The number of benzene rings is 2. The van der Waals surface area contributed by atoms with Crippen molar-refractivity contribution < 1.29 is 9.53 Å². The van der Waals surface area contributed by atoms with E-state index in [0.717, 1.165) is 30.1 Å². The first-order valence-corrected chi connectivity index (χ1v) is 8.40. The summed E-state index contributed by atoms with van der Waals surface area (Å²) in [5.74, 6) is 0.788. The molecule has 0 bridgehead atoms. The highest BCUT2D eigenvalue weighted by atomic mass is 16.5. The Labute approximate surface area is 137 Å². The molecule has 0 saturated carbocycles. The van der Waals surface area contributed by atoms with Crippen LogP contribution in [0.25, 0.3) is 0 Å². The first-order chi connectivity index (χ1) is 11.3. The molecule has 120 valence electrons. The summed E-state index contributed by atoms with van der Waals surface area (Å²) in [7, 11) is 0. The zero-order valence-electron chi connectivity index (χ0n) is 13.6.